The Balaban J connectivity index is 1.76. The lowest BCUT2D eigenvalue weighted by Gasteiger charge is -2.30. The van der Waals surface area contributed by atoms with Crippen LogP contribution in [0.2, 0.25) is 0 Å². The van der Waals surface area contributed by atoms with Crippen molar-refractivity contribution in [1.29, 1.82) is 0 Å². The lowest BCUT2D eigenvalue weighted by molar-refractivity contribution is 0.239. The highest BCUT2D eigenvalue weighted by Crippen LogP contribution is 2.27. The summed E-state index contributed by atoms with van der Waals surface area (Å²) >= 11 is 0. The quantitative estimate of drug-likeness (QED) is 0.875. The number of hydrogen-bond donors (Lipinski definition) is 1. The summed E-state index contributed by atoms with van der Waals surface area (Å²) in [5.41, 5.74) is 10.9. The van der Waals surface area contributed by atoms with Crippen LogP contribution in [-0.2, 0) is 19.5 Å². The molecule has 1 aliphatic heterocycles. The van der Waals surface area contributed by atoms with E-state index >= 15 is 0 Å². The van der Waals surface area contributed by atoms with Crippen LogP contribution in [0.25, 0.3) is 0 Å². The number of para-hydroxylation sites is 1. The number of nitrogen functional groups attached to an aromatic ring is 1. The lowest BCUT2D eigenvalue weighted by atomic mass is 9.97. The van der Waals surface area contributed by atoms with Gasteiger partial charge in [-0.15, -0.1) is 0 Å². The zero-order chi connectivity index (χ0) is 14.7. The summed E-state index contributed by atoms with van der Waals surface area (Å²) in [7, 11) is 0. The van der Waals surface area contributed by atoms with E-state index in [2.05, 4.69) is 29.2 Å². The third-order valence-electron chi connectivity index (χ3n) is 4.05. The summed E-state index contributed by atoms with van der Waals surface area (Å²) in [5, 5.41) is 0. The fraction of sp³-hybridized carbons (Fsp3) is 0.333. The Labute approximate surface area is 126 Å². The van der Waals surface area contributed by atoms with Crippen molar-refractivity contribution in [3.8, 4) is 5.75 Å². The first-order chi connectivity index (χ1) is 10.3. The average Bonchev–Trinajstić information content (AvgIpc) is 2.50. The van der Waals surface area contributed by atoms with Crippen molar-refractivity contribution in [2.24, 2.45) is 0 Å². The molecule has 1 aliphatic rings. The van der Waals surface area contributed by atoms with Crippen molar-refractivity contribution >= 4 is 5.69 Å². The molecule has 0 radical (unpaired) electrons. The molecule has 3 rings (SSSR count). The Bertz CT molecular complexity index is 624. The zero-order valence-electron chi connectivity index (χ0n) is 12.5. The summed E-state index contributed by atoms with van der Waals surface area (Å²) in [6.45, 7) is 5.65. The van der Waals surface area contributed by atoms with E-state index in [1.54, 1.807) is 0 Å². The molecule has 0 aromatic heterocycles. The second-order valence-electron chi connectivity index (χ2n) is 5.49. The van der Waals surface area contributed by atoms with Crippen molar-refractivity contribution in [1.82, 2.24) is 4.90 Å². The fourth-order valence-electron chi connectivity index (χ4n) is 3.00. The number of anilines is 1. The summed E-state index contributed by atoms with van der Waals surface area (Å²) in [5.74, 6) is 0.998. The van der Waals surface area contributed by atoms with E-state index in [1.807, 2.05) is 25.1 Å². The van der Waals surface area contributed by atoms with Gasteiger partial charge in [0, 0.05) is 30.9 Å². The van der Waals surface area contributed by atoms with Gasteiger partial charge in [-0.3, -0.25) is 4.90 Å². The van der Waals surface area contributed by atoms with Crippen LogP contribution in [0.4, 0.5) is 5.69 Å². The van der Waals surface area contributed by atoms with Crippen molar-refractivity contribution in [3.63, 3.8) is 0 Å². The minimum absolute atomic E-state index is 0.705. The van der Waals surface area contributed by atoms with E-state index in [4.69, 9.17) is 10.5 Å². The normalized spacial score (nSPS) is 14.7. The minimum atomic E-state index is 0.705. The number of benzene rings is 2. The van der Waals surface area contributed by atoms with Crippen LogP contribution in [0.15, 0.2) is 42.5 Å². The number of ether oxygens (including phenoxy) is 1. The van der Waals surface area contributed by atoms with Gasteiger partial charge in [-0.2, -0.15) is 0 Å². The van der Waals surface area contributed by atoms with E-state index in [-0.39, 0.29) is 0 Å². The van der Waals surface area contributed by atoms with E-state index in [0.717, 1.165) is 37.5 Å². The Morgan fingerprint density at radius 2 is 2.00 bits per heavy atom. The van der Waals surface area contributed by atoms with Crippen molar-refractivity contribution in [2.75, 3.05) is 18.9 Å². The molecule has 0 bridgehead atoms. The monoisotopic (exact) mass is 282 g/mol. The highest BCUT2D eigenvalue weighted by atomic mass is 16.5. The Morgan fingerprint density at radius 1 is 1.14 bits per heavy atom. The maximum Gasteiger partial charge on any atom is 0.123 e. The fourth-order valence-corrected chi connectivity index (χ4v) is 3.00. The maximum atomic E-state index is 6.06. The first kappa shape index (κ1) is 14.0. The molecular weight excluding hydrogens is 260 g/mol. The number of fused-ring (bicyclic) bond motifs is 1. The molecule has 0 unspecified atom stereocenters. The summed E-state index contributed by atoms with van der Waals surface area (Å²) < 4.78 is 5.72. The molecule has 3 heteroatoms. The van der Waals surface area contributed by atoms with E-state index in [9.17, 15) is 0 Å². The zero-order valence-corrected chi connectivity index (χ0v) is 12.5. The highest BCUT2D eigenvalue weighted by Gasteiger charge is 2.18. The van der Waals surface area contributed by atoms with Gasteiger partial charge in [0.2, 0.25) is 0 Å². The average molecular weight is 282 g/mol. The van der Waals surface area contributed by atoms with E-state index < -0.39 is 0 Å². The predicted octanol–water partition coefficient (Wildman–Crippen LogP) is 3.23. The molecule has 3 nitrogen and oxygen atoms in total. The first-order valence-corrected chi connectivity index (χ1v) is 7.57. The van der Waals surface area contributed by atoms with Gasteiger partial charge in [-0.05, 0) is 36.6 Å². The molecule has 21 heavy (non-hydrogen) atoms. The van der Waals surface area contributed by atoms with Crippen molar-refractivity contribution in [3.05, 3.63) is 59.2 Å². The minimum Gasteiger partial charge on any atom is -0.494 e. The largest absolute Gasteiger partial charge is 0.494 e. The molecule has 0 saturated heterocycles. The van der Waals surface area contributed by atoms with Crippen LogP contribution in [0.5, 0.6) is 5.75 Å². The number of nitrogens with zero attached hydrogens (tertiary/aromatic N) is 1. The summed E-state index contributed by atoms with van der Waals surface area (Å²) in [6.07, 6.45) is 1.03. The molecule has 2 aromatic rings. The summed E-state index contributed by atoms with van der Waals surface area (Å²) in [4.78, 5) is 2.46. The topological polar surface area (TPSA) is 38.5 Å². The highest BCUT2D eigenvalue weighted by molar-refractivity contribution is 5.51. The lowest BCUT2D eigenvalue weighted by Crippen LogP contribution is -2.30. The molecule has 0 amide bonds. The number of nitrogens with two attached hydrogens (primary N) is 1. The second-order valence-corrected chi connectivity index (χ2v) is 5.49. The van der Waals surface area contributed by atoms with Crippen LogP contribution in [0, 0.1) is 0 Å². The SMILES string of the molecule is CCOc1ccccc1CN1CCc2c(N)cccc2C1. The van der Waals surface area contributed by atoms with Crippen LogP contribution in [0.1, 0.15) is 23.6 Å². The molecule has 0 saturated carbocycles. The third-order valence-corrected chi connectivity index (χ3v) is 4.05. The van der Waals surface area contributed by atoms with Gasteiger partial charge in [0.15, 0.2) is 0 Å². The Morgan fingerprint density at radius 3 is 2.86 bits per heavy atom. The molecule has 0 fully saturated rings. The van der Waals surface area contributed by atoms with Crippen LogP contribution >= 0.6 is 0 Å². The molecular formula is C18H22N2O. The maximum absolute atomic E-state index is 6.06. The van der Waals surface area contributed by atoms with Crippen molar-refractivity contribution in [2.45, 2.75) is 26.4 Å². The standard InChI is InChI=1S/C18H22N2O/c1-2-21-18-9-4-3-6-15(18)13-20-11-10-16-14(12-20)7-5-8-17(16)19/h3-9H,2,10-13,19H2,1H3. The predicted molar refractivity (Wildman–Crippen MR) is 86.3 cm³/mol. The Hall–Kier alpha value is -2.00. The second kappa shape index (κ2) is 6.19. The van der Waals surface area contributed by atoms with Gasteiger partial charge in [-0.25, -0.2) is 0 Å². The Kier molecular flexibility index (Phi) is 4.11. The van der Waals surface area contributed by atoms with Gasteiger partial charge in [0.05, 0.1) is 6.61 Å². The van der Waals surface area contributed by atoms with E-state index in [1.165, 1.54) is 16.7 Å². The number of rotatable bonds is 4. The third kappa shape index (κ3) is 3.03. The van der Waals surface area contributed by atoms with Crippen LogP contribution in [0.3, 0.4) is 0 Å². The van der Waals surface area contributed by atoms with Crippen molar-refractivity contribution < 1.29 is 4.74 Å². The van der Waals surface area contributed by atoms with Gasteiger partial charge in [-0.1, -0.05) is 30.3 Å². The van der Waals surface area contributed by atoms with Gasteiger partial charge < -0.3 is 10.5 Å². The van der Waals surface area contributed by atoms with E-state index in [0.29, 0.717) is 6.61 Å². The molecule has 0 aliphatic carbocycles. The molecule has 110 valence electrons. The van der Waals surface area contributed by atoms with Gasteiger partial charge in [0.25, 0.3) is 0 Å². The molecule has 2 N–H and O–H groups in total. The summed E-state index contributed by atoms with van der Waals surface area (Å²) in [6, 6.07) is 14.5. The molecule has 0 atom stereocenters. The van der Waals surface area contributed by atoms with Gasteiger partial charge >= 0.3 is 0 Å². The van der Waals surface area contributed by atoms with Gasteiger partial charge in [0.1, 0.15) is 5.75 Å². The molecule has 0 spiro atoms. The molecule has 1 heterocycles. The smallest absolute Gasteiger partial charge is 0.123 e. The van der Waals surface area contributed by atoms with Crippen LogP contribution in [-0.4, -0.2) is 18.1 Å². The van der Waals surface area contributed by atoms with Crippen LogP contribution < -0.4 is 10.5 Å². The molecule has 2 aromatic carbocycles. The first-order valence-electron chi connectivity index (χ1n) is 7.57. The number of hydrogen-bond acceptors (Lipinski definition) is 3.